The Kier molecular flexibility index (Phi) is 5.03. The standard InChI is InChI=1S/C20H18N2O5/c1-12(2)26-16-6-4-5-14(10-16)11-17-20(23)27-19(21-17)15-7-8-18(22(24)25)13(3)9-15/h4-12H,1-3H3/b17-11-. The molecule has 0 amide bonds. The molecule has 0 N–H and O–H groups in total. The Balaban J connectivity index is 1.89. The highest BCUT2D eigenvalue weighted by Crippen LogP contribution is 2.24. The first kappa shape index (κ1) is 18.3. The number of ether oxygens (including phenoxy) is 2. The number of nitro benzene ring substituents is 1. The second-order valence-corrected chi connectivity index (χ2v) is 6.33. The molecule has 0 aromatic heterocycles. The van der Waals surface area contributed by atoms with Crippen molar-refractivity contribution < 1.29 is 19.2 Å². The van der Waals surface area contributed by atoms with Gasteiger partial charge in [0.2, 0.25) is 5.90 Å². The van der Waals surface area contributed by atoms with Gasteiger partial charge in [-0.3, -0.25) is 10.1 Å². The molecule has 138 valence electrons. The fourth-order valence-corrected chi connectivity index (χ4v) is 2.63. The second-order valence-electron chi connectivity index (χ2n) is 6.33. The van der Waals surface area contributed by atoms with Crippen LogP contribution in [0.25, 0.3) is 6.08 Å². The van der Waals surface area contributed by atoms with E-state index < -0.39 is 10.9 Å². The predicted molar refractivity (Wildman–Crippen MR) is 101 cm³/mol. The number of carbonyl (C=O) groups excluding carboxylic acids is 1. The van der Waals surface area contributed by atoms with E-state index >= 15 is 0 Å². The zero-order valence-corrected chi connectivity index (χ0v) is 15.1. The van der Waals surface area contributed by atoms with E-state index in [0.29, 0.717) is 16.9 Å². The molecule has 27 heavy (non-hydrogen) atoms. The van der Waals surface area contributed by atoms with Crippen LogP contribution in [-0.4, -0.2) is 22.9 Å². The van der Waals surface area contributed by atoms with Crippen molar-refractivity contribution in [2.75, 3.05) is 0 Å². The summed E-state index contributed by atoms with van der Waals surface area (Å²) < 4.78 is 10.9. The van der Waals surface area contributed by atoms with Crippen LogP contribution in [-0.2, 0) is 9.53 Å². The lowest BCUT2D eigenvalue weighted by molar-refractivity contribution is -0.385. The summed E-state index contributed by atoms with van der Waals surface area (Å²) in [6, 6.07) is 11.8. The van der Waals surface area contributed by atoms with Gasteiger partial charge in [0.1, 0.15) is 5.75 Å². The van der Waals surface area contributed by atoms with Gasteiger partial charge < -0.3 is 9.47 Å². The van der Waals surface area contributed by atoms with Crippen molar-refractivity contribution in [3.63, 3.8) is 0 Å². The quantitative estimate of drug-likeness (QED) is 0.345. The van der Waals surface area contributed by atoms with Crippen LogP contribution < -0.4 is 4.74 Å². The summed E-state index contributed by atoms with van der Waals surface area (Å²) in [5.41, 5.74) is 1.88. The average Bonchev–Trinajstić information content (AvgIpc) is 2.95. The molecule has 0 saturated carbocycles. The van der Waals surface area contributed by atoms with Gasteiger partial charge in [-0.2, -0.15) is 0 Å². The molecular formula is C20H18N2O5. The minimum Gasteiger partial charge on any atom is -0.491 e. The van der Waals surface area contributed by atoms with E-state index in [1.54, 1.807) is 19.1 Å². The summed E-state index contributed by atoms with van der Waals surface area (Å²) in [6.07, 6.45) is 1.65. The number of cyclic esters (lactones) is 1. The molecule has 1 heterocycles. The number of hydrogen-bond acceptors (Lipinski definition) is 6. The Morgan fingerprint density at radius 3 is 2.67 bits per heavy atom. The third-order valence-corrected chi connectivity index (χ3v) is 3.79. The van der Waals surface area contributed by atoms with Gasteiger partial charge in [0.15, 0.2) is 5.70 Å². The molecule has 2 aromatic carbocycles. The third kappa shape index (κ3) is 4.20. The summed E-state index contributed by atoms with van der Waals surface area (Å²) in [7, 11) is 0. The number of aliphatic imine (C=N–C) groups is 1. The number of hydrogen-bond donors (Lipinski definition) is 0. The second kappa shape index (κ2) is 7.41. The first-order chi connectivity index (χ1) is 12.8. The Morgan fingerprint density at radius 1 is 1.22 bits per heavy atom. The van der Waals surface area contributed by atoms with Crippen molar-refractivity contribution in [3.8, 4) is 5.75 Å². The topological polar surface area (TPSA) is 91.0 Å². The van der Waals surface area contributed by atoms with Crippen molar-refractivity contribution in [2.24, 2.45) is 4.99 Å². The van der Waals surface area contributed by atoms with Gasteiger partial charge in [-0.1, -0.05) is 12.1 Å². The zero-order valence-electron chi connectivity index (χ0n) is 15.1. The van der Waals surface area contributed by atoms with Crippen LogP contribution in [0.2, 0.25) is 0 Å². The molecule has 0 aliphatic carbocycles. The van der Waals surface area contributed by atoms with Crippen molar-refractivity contribution in [1.29, 1.82) is 0 Å². The summed E-state index contributed by atoms with van der Waals surface area (Å²) in [4.78, 5) is 26.8. The molecule has 0 atom stereocenters. The van der Waals surface area contributed by atoms with Crippen LogP contribution in [0.4, 0.5) is 5.69 Å². The van der Waals surface area contributed by atoms with Gasteiger partial charge in [-0.25, -0.2) is 9.79 Å². The number of nitrogens with zero attached hydrogens (tertiary/aromatic N) is 2. The van der Waals surface area contributed by atoms with Crippen molar-refractivity contribution in [2.45, 2.75) is 26.9 Å². The Bertz CT molecular complexity index is 976. The van der Waals surface area contributed by atoms with E-state index in [4.69, 9.17) is 9.47 Å². The van der Waals surface area contributed by atoms with Gasteiger partial charge in [0, 0.05) is 17.2 Å². The fraction of sp³-hybridized carbons (Fsp3) is 0.200. The first-order valence-electron chi connectivity index (χ1n) is 8.38. The van der Waals surface area contributed by atoms with E-state index in [1.807, 2.05) is 38.1 Å². The monoisotopic (exact) mass is 366 g/mol. The number of benzene rings is 2. The van der Waals surface area contributed by atoms with E-state index in [0.717, 1.165) is 5.56 Å². The molecule has 1 aliphatic heterocycles. The lowest BCUT2D eigenvalue weighted by Crippen LogP contribution is -2.06. The molecule has 3 rings (SSSR count). The van der Waals surface area contributed by atoms with Crippen LogP contribution in [0.1, 0.15) is 30.5 Å². The molecule has 1 aliphatic rings. The number of esters is 1. The van der Waals surface area contributed by atoms with Crippen LogP contribution in [0.15, 0.2) is 53.2 Å². The molecule has 7 heteroatoms. The zero-order chi connectivity index (χ0) is 19.6. The first-order valence-corrected chi connectivity index (χ1v) is 8.38. The van der Waals surface area contributed by atoms with E-state index in [2.05, 4.69) is 4.99 Å². The predicted octanol–water partition coefficient (Wildman–Crippen LogP) is 4.03. The lowest BCUT2D eigenvalue weighted by atomic mass is 10.1. The molecule has 2 aromatic rings. The Labute approximate surface area is 156 Å². The highest BCUT2D eigenvalue weighted by molar-refractivity contribution is 6.13. The van der Waals surface area contributed by atoms with Gasteiger partial charge in [0.05, 0.1) is 11.0 Å². The van der Waals surface area contributed by atoms with Gasteiger partial charge >= 0.3 is 5.97 Å². The number of aryl methyl sites for hydroxylation is 1. The minimum atomic E-state index is -0.573. The molecule has 0 saturated heterocycles. The summed E-state index contributed by atoms with van der Waals surface area (Å²) in [5.74, 6) is 0.246. The maximum Gasteiger partial charge on any atom is 0.363 e. The molecule has 0 fully saturated rings. The number of rotatable bonds is 5. The van der Waals surface area contributed by atoms with Crippen LogP contribution in [0.3, 0.4) is 0 Å². The molecule has 0 spiro atoms. The fourth-order valence-electron chi connectivity index (χ4n) is 2.63. The van der Waals surface area contributed by atoms with Crippen molar-refractivity contribution in [1.82, 2.24) is 0 Å². The molecule has 0 radical (unpaired) electrons. The normalized spacial score (nSPS) is 15.0. The van der Waals surface area contributed by atoms with Gasteiger partial charge in [-0.05, 0) is 56.7 Å². The van der Waals surface area contributed by atoms with Crippen LogP contribution in [0, 0.1) is 17.0 Å². The van der Waals surface area contributed by atoms with Gasteiger partial charge in [-0.15, -0.1) is 0 Å². The van der Waals surface area contributed by atoms with Crippen LogP contribution in [0.5, 0.6) is 5.75 Å². The average molecular weight is 366 g/mol. The number of carbonyl (C=O) groups is 1. The molecular weight excluding hydrogens is 348 g/mol. The van der Waals surface area contributed by atoms with E-state index in [1.165, 1.54) is 12.1 Å². The summed E-state index contributed by atoms with van der Waals surface area (Å²) >= 11 is 0. The maximum absolute atomic E-state index is 12.1. The van der Waals surface area contributed by atoms with Crippen LogP contribution >= 0.6 is 0 Å². The lowest BCUT2D eigenvalue weighted by Gasteiger charge is -2.09. The van der Waals surface area contributed by atoms with Gasteiger partial charge in [0.25, 0.3) is 5.69 Å². The molecule has 0 unspecified atom stereocenters. The molecule has 0 bridgehead atoms. The van der Waals surface area contributed by atoms with Crippen molar-refractivity contribution in [3.05, 3.63) is 75.0 Å². The SMILES string of the molecule is Cc1cc(C2=N/C(=C\c3cccc(OC(C)C)c3)C(=O)O2)ccc1[N+](=O)[O-]. The van der Waals surface area contributed by atoms with Crippen molar-refractivity contribution >= 4 is 23.6 Å². The number of nitro groups is 1. The third-order valence-electron chi connectivity index (χ3n) is 3.79. The maximum atomic E-state index is 12.1. The highest BCUT2D eigenvalue weighted by atomic mass is 16.6. The summed E-state index contributed by atoms with van der Waals surface area (Å²) in [5, 5.41) is 10.9. The smallest absolute Gasteiger partial charge is 0.363 e. The largest absolute Gasteiger partial charge is 0.491 e. The minimum absolute atomic E-state index is 0.00130. The van der Waals surface area contributed by atoms with E-state index in [-0.39, 0.29) is 23.4 Å². The highest BCUT2D eigenvalue weighted by Gasteiger charge is 2.25. The summed E-state index contributed by atoms with van der Waals surface area (Å²) in [6.45, 7) is 5.49. The van der Waals surface area contributed by atoms with E-state index in [9.17, 15) is 14.9 Å². The Hall–Kier alpha value is -3.48. The molecule has 7 nitrogen and oxygen atoms in total. The Morgan fingerprint density at radius 2 is 2.00 bits per heavy atom.